The van der Waals surface area contributed by atoms with E-state index in [2.05, 4.69) is 10.6 Å². The van der Waals surface area contributed by atoms with E-state index in [1.165, 1.54) is 10.5 Å². The van der Waals surface area contributed by atoms with Crippen LogP contribution in [0.5, 0.6) is 0 Å². The van der Waals surface area contributed by atoms with Gasteiger partial charge < -0.3 is 20.3 Å². The second-order valence-corrected chi connectivity index (χ2v) is 7.85. The normalized spacial score (nSPS) is 10.2. The maximum atomic E-state index is 12.0. The zero-order valence-corrected chi connectivity index (χ0v) is 19.2. The first-order chi connectivity index (χ1) is 15.3. The van der Waals surface area contributed by atoms with Gasteiger partial charge in [-0.1, -0.05) is 30.3 Å². The van der Waals surface area contributed by atoms with E-state index in [1.807, 2.05) is 30.3 Å². The molecule has 7 nitrogen and oxygen atoms in total. The van der Waals surface area contributed by atoms with Crippen molar-refractivity contribution < 1.29 is 19.1 Å². The van der Waals surface area contributed by atoms with E-state index in [0.29, 0.717) is 24.3 Å². The van der Waals surface area contributed by atoms with E-state index < -0.39 is 0 Å². The minimum absolute atomic E-state index is 0.0952. The smallest absolute Gasteiger partial charge is 0.305 e. The summed E-state index contributed by atoms with van der Waals surface area (Å²) in [7, 11) is 3.37. The Morgan fingerprint density at radius 3 is 2.28 bits per heavy atom. The lowest BCUT2D eigenvalue weighted by Gasteiger charge is -2.12. The molecular formula is C24H29N3O4S. The predicted octanol–water partition coefficient (Wildman–Crippen LogP) is 3.55. The molecule has 8 heteroatoms. The van der Waals surface area contributed by atoms with Crippen molar-refractivity contribution in [3.05, 3.63) is 65.7 Å². The standard InChI is InChI=1S/C24H29N3O4S/c1-27(2)23(30)19-13-15-20(16-14-19)25-24(32)26-21(28)11-6-12-22(29)31-17-7-10-18-8-4-3-5-9-18/h3-5,8-9,13-16H,6-7,10-12,17H2,1-2H3,(H2,25,26,28,32). The van der Waals surface area contributed by atoms with E-state index in [1.54, 1.807) is 38.4 Å². The highest BCUT2D eigenvalue weighted by Crippen LogP contribution is 2.11. The van der Waals surface area contributed by atoms with Crippen molar-refractivity contribution in [1.82, 2.24) is 10.2 Å². The molecule has 2 rings (SSSR count). The average molecular weight is 456 g/mol. The van der Waals surface area contributed by atoms with Gasteiger partial charge >= 0.3 is 5.97 Å². The van der Waals surface area contributed by atoms with E-state index in [9.17, 15) is 14.4 Å². The number of rotatable bonds is 10. The fourth-order valence-electron chi connectivity index (χ4n) is 2.88. The van der Waals surface area contributed by atoms with Crippen LogP contribution in [-0.4, -0.2) is 48.5 Å². The monoisotopic (exact) mass is 455 g/mol. The third-order valence-electron chi connectivity index (χ3n) is 4.55. The number of nitrogens with zero attached hydrogens (tertiary/aromatic N) is 1. The predicted molar refractivity (Wildman–Crippen MR) is 128 cm³/mol. The van der Waals surface area contributed by atoms with Gasteiger partial charge in [0.05, 0.1) is 6.61 Å². The van der Waals surface area contributed by atoms with E-state index in [4.69, 9.17) is 17.0 Å². The Bertz CT molecular complexity index is 915. The summed E-state index contributed by atoms with van der Waals surface area (Å²) in [4.78, 5) is 37.2. The molecule has 2 amide bonds. The zero-order valence-electron chi connectivity index (χ0n) is 18.4. The van der Waals surface area contributed by atoms with Gasteiger partial charge in [-0.05, 0) is 61.3 Å². The van der Waals surface area contributed by atoms with Crippen LogP contribution >= 0.6 is 12.2 Å². The van der Waals surface area contributed by atoms with Gasteiger partial charge in [0.1, 0.15) is 0 Å². The molecule has 2 aromatic carbocycles. The number of hydrogen-bond donors (Lipinski definition) is 2. The number of thiocarbonyl (C=S) groups is 1. The number of carbonyl (C=O) groups is 3. The molecule has 0 aliphatic heterocycles. The van der Waals surface area contributed by atoms with Crippen molar-refractivity contribution in [3.63, 3.8) is 0 Å². The Labute approximate surface area is 194 Å². The lowest BCUT2D eigenvalue weighted by atomic mass is 10.1. The van der Waals surface area contributed by atoms with Crippen LogP contribution in [-0.2, 0) is 20.7 Å². The zero-order chi connectivity index (χ0) is 23.3. The Kier molecular flexibility index (Phi) is 10.3. The summed E-state index contributed by atoms with van der Waals surface area (Å²) in [6, 6.07) is 16.8. The van der Waals surface area contributed by atoms with E-state index >= 15 is 0 Å². The molecule has 0 heterocycles. The summed E-state index contributed by atoms with van der Waals surface area (Å²) in [6.45, 7) is 0.368. The van der Waals surface area contributed by atoms with Crippen molar-refractivity contribution >= 4 is 40.8 Å². The van der Waals surface area contributed by atoms with Crippen molar-refractivity contribution in [3.8, 4) is 0 Å². The summed E-state index contributed by atoms with van der Waals surface area (Å²) in [5, 5.41) is 5.64. The Hall–Kier alpha value is -3.26. The molecule has 2 aromatic rings. The first-order valence-corrected chi connectivity index (χ1v) is 10.9. The molecule has 0 aromatic heterocycles. The second-order valence-electron chi connectivity index (χ2n) is 7.44. The maximum absolute atomic E-state index is 12.0. The van der Waals surface area contributed by atoms with Crippen LogP contribution in [0, 0.1) is 0 Å². The van der Waals surface area contributed by atoms with Crippen molar-refractivity contribution in [1.29, 1.82) is 0 Å². The highest BCUT2D eigenvalue weighted by atomic mass is 32.1. The van der Waals surface area contributed by atoms with Crippen LogP contribution in [0.1, 0.15) is 41.6 Å². The minimum Gasteiger partial charge on any atom is -0.466 e. The van der Waals surface area contributed by atoms with Crippen molar-refractivity contribution in [2.24, 2.45) is 0 Å². The summed E-state index contributed by atoms with van der Waals surface area (Å²) in [6.07, 6.45) is 2.35. The second kappa shape index (κ2) is 13.2. The molecule has 32 heavy (non-hydrogen) atoms. The van der Waals surface area contributed by atoms with Crippen LogP contribution in [0.25, 0.3) is 0 Å². The van der Waals surface area contributed by atoms with Crippen LogP contribution in [0.4, 0.5) is 5.69 Å². The summed E-state index contributed by atoms with van der Waals surface area (Å²) < 4.78 is 5.21. The Balaban J connectivity index is 1.59. The molecule has 0 radical (unpaired) electrons. The van der Waals surface area contributed by atoms with Gasteiger partial charge in [-0.2, -0.15) is 0 Å². The summed E-state index contributed by atoms with van der Waals surface area (Å²) >= 11 is 5.14. The lowest BCUT2D eigenvalue weighted by molar-refractivity contribution is -0.143. The SMILES string of the molecule is CN(C)C(=O)c1ccc(NC(=S)NC(=O)CCCC(=O)OCCCc2ccccc2)cc1. The van der Waals surface area contributed by atoms with Gasteiger partial charge in [-0.25, -0.2) is 0 Å². The third-order valence-corrected chi connectivity index (χ3v) is 4.75. The molecule has 170 valence electrons. The highest BCUT2D eigenvalue weighted by Gasteiger charge is 2.10. The number of hydrogen-bond acceptors (Lipinski definition) is 5. The van der Waals surface area contributed by atoms with Gasteiger partial charge in [-0.3, -0.25) is 14.4 Å². The molecule has 0 fully saturated rings. The number of anilines is 1. The Morgan fingerprint density at radius 2 is 1.62 bits per heavy atom. The van der Waals surface area contributed by atoms with Gasteiger partial charge in [0.2, 0.25) is 5.91 Å². The quantitative estimate of drug-likeness (QED) is 0.324. The maximum Gasteiger partial charge on any atom is 0.305 e. The topological polar surface area (TPSA) is 87.7 Å². The molecule has 0 saturated carbocycles. The fourth-order valence-corrected chi connectivity index (χ4v) is 3.11. The van der Waals surface area contributed by atoms with E-state index in [-0.39, 0.29) is 35.7 Å². The molecule has 2 N–H and O–H groups in total. The molecule has 0 atom stereocenters. The number of ether oxygens (including phenoxy) is 1. The average Bonchev–Trinajstić information content (AvgIpc) is 2.77. The largest absolute Gasteiger partial charge is 0.466 e. The van der Waals surface area contributed by atoms with Gasteiger partial charge in [0.15, 0.2) is 5.11 Å². The fraction of sp³-hybridized carbons (Fsp3) is 0.333. The lowest BCUT2D eigenvalue weighted by Crippen LogP contribution is -2.34. The Morgan fingerprint density at radius 1 is 0.938 bits per heavy atom. The third kappa shape index (κ3) is 9.26. The number of nitrogens with one attached hydrogen (secondary N) is 2. The first kappa shape index (κ1) is 25.0. The number of esters is 1. The molecule has 0 saturated heterocycles. The van der Waals surface area contributed by atoms with Gasteiger partial charge in [-0.15, -0.1) is 0 Å². The van der Waals surface area contributed by atoms with Crippen LogP contribution in [0.15, 0.2) is 54.6 Å². The minimum atomic E-state index is -0.307. The van der Waals surface area contributed by atoms with Gasteiger partial charge in [0.25, 0.3) is 5.91 Å². The van der Waals surface area contributed by atoms with Crippen LogP contribution in [0.2, 0.25) is 0 Å². The first-order valence-electron chi connectivity index (χ1n) is 10.5. The summed E-state index contributed by atoms with van der Waals surface area (Å²) in [5.41, 5.74) is 2.43. The number of amides is 2. The molecular weight excluding hydrogens is 426 g/mol. The van der Waals surface area contributed by atoms with E-state index in [0.717, 1.165) is 12.8 Å². The highest BCUT2D eigenvalue weighted by molar-refractivity contribution is 7.80. The molecule has 0 bridgehead atoms. The van der Waals surface area contributed by atoms with Crippen molar-refractivity contribution in [2.45, 2.75) is 32.1 Å². The molecule has 0 unspecified atom stereocenters. The van der Waals surface area contributed by atoms with Crippen molar-refractivity contribution in [2.75, 3.05) is 26.0 Å². The van der Waals surface area contributed by atoms with Crippen LogP contribution < -0.4 is 10.6 Å². The number of carbonyl (C=O) groups excluding carboxylic acids is 3. The summed E-state index contributed by atoms with van der Waals surface area (Å²) in [5.74, 6) is -0.681. The molecule has 0 aliphatic rings. The van der Waals surface area contributed by atoms with Gasteiger partial charge in [0, 0.05) is 38.2 Å². The number of benzene rings is 2. The molecule has 0 spiro atoms. The van der Waals surface area contributed by atoms with Crippen LogP contribution in [0.3, 0.4) is 0 Å². The number of aryl methyl sites for hydroxylation is 1. The molecule has 0 aliphatic carbocycles.